The molecule has 17 heavy (non-hydrogen) atoms. The van der Waals surface area contributed by atoms with Crippen LogP contribution in [0.3, 0.4) is 0 Å². The first kappa shape index (κ1) is 16.9. The second-order valence-corrected chi connectivity index (χ2v) is 7.58. The Morgan fingerprint density at radius 3 is 1.82 bits per heavy atom. The fourth-order valence-corrected chi connectivity index (χ4v) is 2.66. The summed E-state index contributed by atoms with van der Waals surface area (Å²) >= 11 is 0. The van der Waals surface area contributed by atoms with Crippen LogP contribution in [0.15, 0.2) is 0 Å². The summed E-state index contributed by atoms with van der Waals surface area (Å²) in [7, 11) is 0.318. The van der Waals surface area contributed by atoms with Crippen molar-refractivity contribution in [3.05, 3.63) is 0 Å². The number of hydrogen-bond donors (Lipinski definition) is 0. The second kappa shape index (κ2) is 12.4. The van der Waals surface area contributed by atoms with Crippen LogP contribution in [0, 0.1) is 0 Å². The molecule has 0 aliphatic carbocycles. The van der Waals surface area contributed by atoms with Crippen molar-refractivity contribution in [3.63, 3.8) is 0 Å². The van der Waals surface area contributed by atoms with Crippen LogP contribution in [-0.2, 0) is 9.53 Å². The predicted octanol–water partition coefficient (Wildman–Crippen LogP) is 4.41. The van der Waals surface area contributed by atoms with Gasteiger partial charge in [-0.05, 0) is 32.3 Å². The van der Waals surface area contributed by atoms with Gasteiger partial charge in [-0.15, -0.1) is 7.92 Å². The standard InChI is InChI=1S/C14H29O2P/c1-14(15)16-12-10-8-6-4-5-7-9-11-13-17(2)3/h4-13H2,1-3H3. The molecule has 0 radical (unpaired) electrons. The van der Waals surface area contributed by atoms with Crippen molar-refractivity contribution in [2.24, 2.45) is 0 Å². The first-order valence-corrected chi connectivity index (χ1v) is 9.33. The van der Waals surface area contributed by atoms with Gasteiger partial charge in [-0.2, -0.15) is 0 Å². The monoisotopic (exact) mass is 260 g/mol. The van der Waals surface area contributed by atoms with Gasteiger partial charge >= 0.3 is 5.97 Å². The van der Waals surface area contributed by atoms with Gasteiger partial charge in [-0.25, -0.2) is 0 Å². The van der Waals surface area contributed by atoms with Crippen molar-refractivity contribution in [3.8, 4) is 0 Å². The molecule has 0 atom stereocenters. The van der Waals surface area contributed by atoms with E-state index in [4.69, 9.17) is 4.74 Å². The molecule has 0 fully saturated rings. The molecule has 0 spiro atoms. The number of esters is 1. The van der Waals surface area contributed by atoms with E-state index in [1.807, 2.05) is 0 Å². The van der Waals surface area contributed by atoms with Gasteiger partial charge in [-0.1, -0.05) is 38.5 Å². The quantitative estimate of drug-likeness (QED) is 0.312. The molecule has 0 amide bonds. The van der Waals surface area contributed by atoms with Gasteiger partial charge in [0.25, 0.3) is 0 Å². The minimum absolute atomic E-state index is 0.156. The molecule has 3 heteroatoms. The van der Waals surface area contributed by atoms with Crippen LogP contribution in [0.1, 0.15) is 58.3 Å². The fraction of sp³-hybridized carbons (Fsp3) is 0.929. The summed E-state index contributed by atoms with van der Waals surface area (Å²) in [5.41, 5.74) is 0. The molecule has 2 nitrogen and oxygen atoms in total. The third-order valence-corrected chi connectivity index (χ3v) is 4.02. The van der Waals surface area contributed by atoms with Gasteiger partial charge in [-0.3, -0.25) is 4.79 Å². The average Bonchev–Trinajstić information content (AvgIpc) is 2.25. The van der Waals surface area contributed by atoms with Gasteiger partial charge in [0.1, 0.15) is 0 Å². The summed E-state index contributed by atoms with van der Waals surface area (Å²) < 4.78 is 4.89. The molecule has 0 rings (SSSR count). The maximum Gasteiger partial charge on any atom is 0.302 e. The van der Waals surface area contributed by atoms with Crippen molar-refractivity contribution in [1.82, 2.24) is 0 Å². The van der Waals surface area contributed by atoms with Gasteiger partial charge in [0.2, 0.25) is 0 Å². The van der Waals surface area contributed by atoms with Gasteiger partial charge in [0, 0.05) is 6.92 Å². The van der Waals surface area contributed by atoms with Crippen LogP contribution in [0.2, 0.25) is 0 Å². The Morgan fingerprint density at radius 1 is 0.882 bits per heavy atom. The predicted molar refractivity (Wildman–Crippen MR) is 77.2 cm³/mol. The lowest BCUT2D eigenvalue weighted by Gasteiger charge is -2.05. The number of unbranched alkanes of at least 4 members (excludes halogenated alkanes) is 7. The van der Waals surface area contributed by atoms with Crippen molar-refractivity contribution in [2.75, 3.05) is 26.1 Å². The zero-order valence-electron chi connectivity index (χ0n) is 11.8. The highest BCUT2D eigenvalue weighted by Crippen LogP contribution is 2.26. The third kappa shape index (κ3) is 15.9. The summed E-state index contributed by atoms with van der Waals surface area (Å²) in [6.07, 6.45) is 11.9. The SMILES string of the molecule is CC(=O)OCCCCCCCCCCP(C)C. The van der Waals surface area contributed by atoms with E-state index < -0.39 is 0 Å². The van der Waals surface area contributed by atoms with Crippen LogP contribution in [-0.4, -0.2) is 32.1 Å². The van der Waals surface area contributed by atoms with Crippen molar-refractivity contribution in [1.29, 1.82) is 0 Å². The largest absolute Gasteiger partial charge is 0.466 e. The summed E-state index contributed by atoms with van der Waals surface area (Å²) in [6, 6.07) is 0. The van der Waals surface area contributed by atoms with E-state index in [-0.39, 0.29) is 5.97 Å². The summed E-state index contributed by atoms with van der Waals surface area (Å²) in [6.45, 7) is 6.79. The smallest absolute Gasteiger partial charge is 0.302 e. The molecule has 0 aromatic rings. The number of rotatable bonds is 11. The van der Waals surface area contributed by atoms with Crippen molar-refractivity contribution < 1.29 is 9.53 Å². The molecule has 0 bridgehead atoms. The topological polar surface area (TPSA) is 26.3 Å². The number of carbonyl (C=O) groups is 1. The molecule has 0 aliphatic rings. The Hall–Kier alpha value is -0.100. The van der Waals surface area contributed by atoms with E-state index in [0.29, 0.717) is 14.5 Å². The average molecular weight is 260 g/mol. The highest BCUT2D eigenvalue weighted by Gasteiger charge is 1.95. The highest BCUT2D eigenvalue weighted by molar-refractivity contribution is 7.55. The molecular weight excluding hydrogens is 231 g/mol. The lowest BCUT2D eigenvalue weighted by atomic mass is 10.1. The van der Waals surface area contributed by atoms with E-state index >= 15 is 0 Å². The lowest BCUT2D eigenvalue weighted by molar-refractivity contribution is -0.141. The zero-order chi connectivity index (χ0) is 12.9. The molecule has 0 aliphatic heterocycles. The minimum Gasteiger partial charge on any atom is -0.466 e. The van der Waals surface area contributed by atoms with Gasteiger partial charge in [0.15, 0.2) is 0 Å². The molecule has 0 heterocycles. The summed E-state index contributed by atoms with van der Waals surface area (Å²) in [5, 5.41) is 0. The molecule has 0 unspecified atom stereocenters. The Labute approximate surface area is 108 Å². The lowest BCUT2D eigenvalue weighted by Crippen LogP contribution is -2.00. The second-order valence-electron chi connectivity index (χ2n) is 4.97. The summed E-state index contributed by atoms with van der Waals surface area (Å²) in [4.78, 5) is 10.5. The number of carbonyl (C=O) groups excluding carboxylic acids is 1. The van der Waals surface area contributed by atoms with Crippen LogP contribution in [0.5, 0.6) is 0 Å². The first-order valence-electron chi connectivity index (χ1n) is 6.91. The fourth-order valence-electron chi connectivity index (χ4n) is 1.81. The van der Waals surface area contributed by atoms with Gasteiger partial charge < -0.3 is 4.74 Å². The normalized spacial score (nSPS) is 10.8. The van der Waals surface area contributed by atoms with Crippen LogP contribution in [0.4, 0.5) is 0 Å². The van der Waals surface area contributed by atoms with Crippen LogP contribution < -0.4 is 0 Å². The summed E-state index contributed by atoms with van der Waals surface area (Å²) in [5.74, 6) is -0.156. The van der Waals surface area contributed by atoms with Gasteiger partial charge in [0.05, 0.1) is 6.61 Å². The Kier molecular flexibility index (Phi) is 12.3. The molecule has 102 valence electrons. The van der Waals surface area contributed by atoms with E-state index in [1.54, 1.807) is 0 Å². The molecule has 0 aromatic heterocycles. The number of ether oxygens (including phenoxy) is 1. The minimum atomic E-state index is -0.156. The Morgan fingerprint density at radius 2 is 1.35 bits per heavy atom. The maximum atomic E-state index is 10.5. The van der Waals surface area contributed by atoms with E-state index in [2.05, 4.69) is 13.3 Å². The molecule has 0 saturated carbocycles. The molecule has 0 saturated heterocycles. The van der Waals surface area contributed by atoms with E-state index in [0.717, 1.165) is 6.42 Å². The van der Waals surface area contributed by atoms with Crippen LogP contribution in [0.25, 0.3) is 0 Å². The zero-order valence-corrected chi connectivity index (χ0v) is 12.7. The van der Waals surface area contributed by atoms with Crippen molar-refractivity contribution >= 4 is 13.9 Å². The third-order valence-electron chi connectivity index (χ3n) is 2.80. The van der Waals surface area contributed by atoms with E-state index in [9.17, 15) is 4.79 Å². The number of hydrogen-bond acceptors (Lipinski definition) is 2. The van der Waals surface area contributed by atoms with E-state index in [1.165, 1.54) is 58.0 Å². The Balaban J connectivity index is 2.96. The maximum absolute atomic E-state index is 10.5. The first-order chi connectivity index (χ1) is 8.13. The Bertz CT molecular complexity index is 181. The molecule has 0 aromatic carbocycles. The highest BCUT2D eigenvalue weighted by atomic mass is 31.1. The van der Waals surface area contributed by atoms with Crippen molar-refractivity contribution in [2.45, 2.75) is 58.3 Å². The molecule has 0 N–H and O–H groups in total. The van der Waals surface area contributed by atoms with Crippen LogP contribution >= 0.6 is 7.92 Å². The molecular formula is C14H29O2P.